The second-order valence-electron chi connectivity index (χ2n) is 6.85. The van der Waals surface area contributed by atoms with Gasteiger partial charge in [0.2, 0.25) is 10.9 Å². The van der Waals surface area contributed by atoms with E-state index in [1.54, 1.807) is 4.52 Å². The van der Waals surface area contributed by atoms with Crippen LogP contribution in [-0.4, -0.2) is 48.7 Å². The number of amides is 3. The Morgan fingerprint density at radius 2 is 1.84 bits per heavy atom. The number of hydrogen-bond donors (Lipinski definition) is 1. The van der Waals surface area contributed by atoms with Gasteiger partial charge in [-0.1, -0.05) is 30.3 Å². The first-order valence-corrected chi connectivity index (χ1v) is 10.1. The molecule has 0 fully saturated rings. The molecule has 1 aliphatic rings. The van der Waals surface area contributed by atoms with Gasteiger partial charge in [0, 0.05) is 23.1 Å². The number of nitro groups is 1. The lowest BCUT2D eigenvalue weighted by Gasteiger charge is -2.12. The molecule has 3 heterocycles. The van der Waals surface area contributed by atoms with Gasteiger partial charge in [-0.25, -0.2) is 4.52 Å². The van der Waals surface area contributed by atoms with Crippen LogP contribution in [0.4, 0.5) is 11.6 Å². The van der Waals surface area contributed by atoms with E-state index in [2.05, 4.69) is 15.4 Å². The van der Waals surface area contributed by atoms with Gasteiger partial charge < -0.3 is 0 Å². The Kier molecular flexibility index (Phi) is 4.48. The predicted molar refractivity (Wildman–Crippen MR) is 113 cm³/mol. The number of nitrogens with zero attached hydrogens (tertiary/aromatic N) is 5. The molecule has 11 nitrogen and oxygen atoms in total. The van der Waals surface area contributed by atoms with E-state index < -0.39 is 29.2 Å². The maximum Gasteiger partial charge on any atom is 0.270 e. The Morgan fingerprint density at radius 1 is 1.09 bits per heavy atom. The van der Waals surface area contributed by atoms with E-state index in [0.29, 0.717) is 4.96 Å². The number of benzene rings is 2. The van der Waals surface area contributed by atoms with Crippen molar-refractivity contribution in [1.29, 1.82) is 0 Å². The summed E-state index contributed by atoms with van der Waals surface area (Å²) in [5.41, 5.74) is 1.33. The highest BCUT2D eigenvalue weighted by atomic mass is 32.1. The topological polar surface area (TPSA) is 140 Å². The summed E-state index contributed by atoms with van der Waals surface area (Å²) in [6.07, 6.45) is 0. The lowest BCUT2D eigenvalue weighted by atomic mass is 10.1. The third-order valence-corrected chi connectivity index (χ3v) is 5.69. The number of anilines is 1. The molecule has 5 rings (SSSR count). The lowest BCUT2D eigenvalue weighted by molar-refractivity contribution is -0.384. The average Bonchev–Trinajstić information content (AvgIpc) is 3.42. The molecule has 0 saturated carbocycles. The quantitative estimate of drug-likeness (QED) is 0.281. The van der Waals surface area contributed by atoms with Crippen molar-refractivity contribution in [2.24, 2.45) is 0 Å². The van der Waals surface area contributed by atoms with E-state index >= 15 is 0 Å². The second kappa shape index (κ2) is 7.35. The van der Waals surface area contributed by atoms with Gasteiger partial charge in [-0.3, -0.25) is 34.7 Å². The molecule has 0 spiro atoms. The predicted octanol–water partition coefficient (Wildman–Crippen LogP) is 2.60. The summed E-state index contributed by atoms with van der Waals surface area (Å²) in [5, 5.41) is 19.6. The van der Waals surface area contributed by atoms with Crippen molar-refractivity contribution >= 4 is 45.7 Å². The average molecular weight is 448 g/mol. The Bertz CT molecular complexity index is 1430. The standard InChI is InChI=1S/C20H12N6O5S/c27-16(9-24-17(28)13-7-6-12(26(30)31)8-14(13)18(24)29)21-19-22-20-25(23-19)15(10-32-20)11-4-2-1-3-5-11/h1-8,10H,9H2,(H,21,23,27). The molecular formula is C20H12N6O5S. The Morgan fingerprint density at radius 3 is 2.59 bits per heavy atom. The number of fused-ring (bicyclic) bond motifs is 2. The number of rotatable bonds is 5. The minimum atomic E-state index is -0.769. The Balaban J connectivity index is 1.33. The molecule has 158 valence electrons. The summed E-state index contributed by atoms with van der Waals surface area (Å²) in [6.45, 7) is -0.571. The molecule has 0 saturated heterocycles. The number of carbonyl (C=O) groups excluding carboxylic acids is 3. The van der Waals surface area contributed by atoms with Gasteiger partial charge in [-0.05, 0) is 6.07 Å². The zero-order valence-corrected chi connectivity index (χ0v) is 16.9. The van der Waals surface area contributed by atoms with Crippen LogP contribution in [0.15, 0.2) is 53.9 Å². The largest absolute Gasteiger partial charge is 0.292 e. The van der Waals surface area contributed by atoms with Gasteiger partial charge >= 0.3 is 0 Å². The van der Waals surface area contributed by atoms with Crippen LogP contribution in [0.25, 0.3) is 16.2 Å². The summed E-state index contributed by atoms with van der Waals surface area (Å²) in [6, 6.07) is 12.9. The zero-order chi connectivity index (χ0) is 22.4. The maximum atomic E-state index is 12.5. The monoisotopic (exact) mass is 448 g/mol. The number of aromatic nitrogens is 3. The summed E-state index contributed by atoms with van der Waals surface area (Å²) in [4.78, 5) is 53.4. The molecule has 12 heteroatoms. The third-order valence-electron chi connectivity index (χ3n) is 4.87. The Labute approximate surface area is 183 Å². The van der Waals surface area contributed by atoms with Crippen LogP contribution in [-0.2, 0) is 4.79 Å². The van der Waals surface area contributed by atoms with Crippen molar-refractivity contribution in [3.8, 4) is 11.3 Å². The molecule has 3 amide bonds. The summed E-state index contributed by atoms with van der Waals surface area (Å²) < 4.78 is 1.59. The number of imide groups is 1. The first-order chi connectivity index (χ1) is 15.4. The second-order valence-corrected chi connectivity index (χ2v) is 7.68. The van der Waals surface area contributed by atoms with E-state index in [-0.39, 0.29) is 22.8 Å². The van der Waals surface area contributed by atoms with E-state index in [9.17, 15) is 24.5 Å². The van der Waals surface area contributed by atoms with Crippen LogP contribution in [0.3, 0.4) is 0 Å². The first-order valence-electron chi connectivity index (χ1n) is 9.26. The van der Waals surface area contributed by atoms with Crippen molar-refractivity contribution in [3.05, 3.63) is 75.2 Å². The van der Waals surface area contributed by atoms with Crippen molar-refractivity contribution in [2.45, 2.75) is 0 Å². The molecular weight excluding hydrogens is 436 g/mol. The Hall–Kier alpha value is -4.45. The van der Waals surface area contributed by atoms with Gasteiger partial charge in [0.05, 0.1) is 21.7 Å². The lowest BCUT2D eigenvalue weighted by Crippen LogP contribution is -2.37. The molecule has 4 aromatic rings. The number of non-ortho nitro benzene ring substituents is 1. The van der Waals surface area contributed by atoms with Crippen molar-refractivity contribution < 1.29 is 19.3 Å². The SMILES string of the molecule is O=C(CN1C(=O)c2ccc([N+](=O)[O-])cc2C1=O)Nc1nc2scc(-c3ccccc3)n2n1. The highest BCUT2D eigenvalue weighted by Crippen LogP contribution is 2.27. The van der Waals surface area contributed by atoms with Gasteiger partial charge in [-0.15, -0.1) is 16.4 Å². The normalized spacial score (nSPS) is 12.9. The molecule has 1 N–H and O–H groups in total. The fourth-order valence-electron chi connectivity index (χ4n) is 3.39. The fourth-order valence-corrected chi connectivity index (χ4v) is 4.22. The van der Waals surface area contributed by atoms with Crippen LogP contribution in [0.1, 0.15) is 20.7 Å². The van der Waals surface area contributed by atoms with Crippen molar-refractivity contribution in [1.82, 2.24) is 19.5 Å². The molecule has 1 aliphatic heterocycles. The minimum absolute atomic E-state index is 0.0153. The van der Waals surface area contributed by atoms with Crippen LogP contribution in [0.2, 0.25) is 0 Å². The molecule has 0 radical (unpaired) electrons. The van der Waals surface area contributed by atoms with Crippen molar-refractivity contribution in [2.75, 3.05) is 11.9 Å². The zero-order valence-electron chi connectivity index (χ0n) is 16.1. The van der Waals surface area contributed by atoms with Gasteiger partial charge in [0.25, 0.3) is 23.5 Å². The molecule has 2 aromatic carbocycles. The molecule has 32 heavy (non-hydrogen) atoms. The number of thiazole rings is 1. The minimum Gasteiger partial charge on any atom is -0.292 e. The molecule has 0 unspecified atom stereocenters. The number of nitro benzene ring substituents is 1. The maximum absolute atomic E-state index is 12.5. The molecule has 0 aliphatic carbocycles. The fraction of sp³-hybridized carbons (Fsp3) is 0.0500. The first kappa shape index (κ1) is 19.5. The van der Waals surface area contributed by atoms with E-state index in [1.807, 2.05) is 35.7 Å². The summed E-state index contributed by atoms with van der Waals surface area (Å²) in [7, 11) is 0. The van der Waals surface area contributed by atoms with Crippen LogP contribution in [0.5, 0.6) is 0 Å². The van der Waals surface area contributed by atoms with E-state index in [1.165, 1.54) is 17.4 Å². The molecule has 2 aromatic heterocycles. The van der Waals surface area contributed by atoms with Gasteiger partial charge in [-0.2, -0.15) is 4.98 Å². The number of carbonyl (C=O) groups is 3. The number of nitrogens with one attached hydrogen (secondary N) is 1. The smallest absolute Gasteiger partial charge is 0.270 e. The van der Waals surface area contributed by atoms with E-state index in [0.717, 1.165) is 28.3 Å². The van der Waals surface area contributed by atoms with Crippen molar-refractivity contribution in [3.63, 3.8) is 0 Å². The summed E-state index contributed by atoms with van der Waals surface area (Å²) in [5.74, 6) is -2.10. The summed E-state index contributed by atoms with van der Waals surface area (Å²) >= 11 is 1.35. The van der Waals surface area contributed by atoms with Crippen LogP contribution in [0, 0.1) is 10.1 Å². The molecule has 0 bridgehead atoms. The highest BCUT2D eigenvalue weighted by Gasteiger charge is 2.38. The molecule has 0 atom stereocenters. The van der Waals surface area contributed by atoms with Crippen LogP contribution < -0.4 is 5.32 Å². The van der Waals surface area contributed by atoms with E-state index in [4.69, 9.17) is 0 Å². The number of hydrogen-bond acceptors (Lipinski definition) is 8. The highest BCUT2D eigenvalue weighted by molar-refractivity contribution is 7.15. The third kappa shape index (κ3) is 3.18. The van der Waals surface area contributed by atoms with Gasteiger partial charge in [0.1, 0.15) is 6.54 Å². The van der Waals surface area contributed by atoms with Crippen LogP contribution >= 0.6 is 11.3 Å². The van der Waals surface area contributed by atoms with Gasteiger partial charge in [0.15, 0.2) is 0 Å².